The van der Waals surface area contributed by atoms with Crippen LogP contribution in [0, 0.1) is 0 Å². The molecule has 0 aliphatic rings. The molecule has 0 amide bonds. The Morgan fingerprint density at radius 2 is 1.05 bits per heavy atom. The van der Waals surface area contributed by atoms with Gasteiger partial charge in [-0.2, -0.15) is 0 Å². The first kappa shape index (κ1) is 23.9. The van der Waals surface area contributed by atoms with Crippen LogP contribution in [0.4, 0.5) is 0 Å². The molecule has 0 unspecified atom stereocenters. The zero-order chi connectivity index (χ0) is 28.3. The number of hydrogen-bond acceptors (Lipinski definition) is 3. The lowest BCUT2D eigenvalue weighted by Crippen LogP contribution is -1.96. The summed E-state index contributed by atoms with van der Waals surface area (Å²) >= 11 is 0. The Bertz CT molecular complexity index is 2510. The number of para-hydroxylation sites is 2. The van der Waals surface area contributed by atoms with E-state index >= 15 is 0 Å². The molecule has 0 aliphatic carbocycles. The highest BCUT2D eigenvalue weighted by Crippen LogP contribution is 2.42. The van der Waals surface area contributed by atoms with Crippen molar-refractivity contribution in [1.29, 1.82) is 0 Å². The van der Waals surface area contributed by atoms with E-state index in [4.69, 9.17) is 14.4 Å². The molecule has 9 rings (SSSR count). The second kappa shape index (κ2) is 9.37. The van der Waals surface area contributed by atoms with Crippen molar-refractivity contribution in [3.63, 3.8) is 0 Å². The molecule has 0 saturated carbocycles. The predicted octanol–water partition coefficient (Wildman–Crippen LogP) is 10.8. The SMILES string of the molecule is c1ccc(-c2nc3ccccc3nc2-c2cc3c4cc(-c5ccc6ccccc6c5)ccc4oc3c3ccccc23)cc1. The lowest BCUT2D eigenvalue weighted by molar-refractivity contribution is 0.673. The first-order valence-corrected chi connectivity index (χ1v) is 14.5. The molecule has 0 spiro atoms. The quantitative estimate of drug-likeness (QED) is 0.220. The summed E-state index contributed by atoms with van der Waals surface area (Å²) in [4.78, 5) is 10.4. The summed E-state index contributed by atoms with van der Waals surface area (Å²) in [5, 5.41) is 6.78. The zero-order valence-electron chi connectivity index (χ0n) is 23.2. The standard InChI is InChI=1S/C40H24N2O/c1-2-11-26(12-3-1)38-39(42-36-17-9-8-16-35(36)41-38)33-24-34-32-23-29(28-19-18-25-10-4-5-13-27(25)22-28)20-21-37(32)43-40(34)31-15-7-6-14-30(31)33/h1-24H. The summed E-state index contributed by atoms with van der Waals surface area (Å²) in [6, 6.07) is 50.8. The fourth-order valence-corrected chi connectivity index (χ4v) is 6.33. The molecule has 0 bridgehead atoms. The Hall–Kier alpha value is -5.80. The van der Waals surface area contributed by atoms with E-state index in [-0.39, 0.29) is 0 Å². The molecule has 0 N–H and O–H groups in total. The first-order chi connectivity index (χ1) is 21.3. The second-order valence-corrected chi connectivity index (χ2v) is 11.0. The normalized spacial score (nSPS) is 11.7. The summed E-state index contributed by atoms with van der Waals surface area (Å²) in [5.41, 5.74) is 9.66. The highest BCUT2D eigenvalue weighted by molar-refractivity contribution is 6.20. The third kappa shape index (κ3) is 3.83. The van der Waals surface area contributed by atoms with E-state index in [0.29, 0.717) is 0 Å². The van der Waals surface area contributed by atoms with Gasteiger partial charge in [-0.3, -0.25) is 0 Å². The molecule has 7 aromatic carbocycles. The second-order valence-electron chi connectivity index (χ2n) is 11.0. The van der Waals surface area contributed by atoms with Crippen molar-refractivity contribution >= 4 is 54.5 Å². The molecule has 0 fully saturated rings. The number of nitrogens with zero attached hydrogens (tertiary/aromatic N) is 2. The van der Waals surface area contributed by atoms with Gasteiger partial charge in [-0.1, -0.05) is 109 Å². The van der Waals surface area contributed by atoms with Crippen LogP contribution in [0.15, 0.2) is 150 Å². The van der Waals surface area contributed by atoms with Crippen molar-refractivity contribution in [3.05, 3.63) is 146 Å². The number of rotatable bonds is 3. The van der Waals surface area contributed by atoms with Gasteiger partial charge in [0.25, 0.3) is 0 Å². The minimum Gasteiger partial charge on any atom is -0.455 e. The van der Waals surface area contributed by atoms with Crippen molar-refractivity contribution in [3.8, 4) is 33.6 Å². The van der Waals surface area contributed by atoms with Gasteiger partial charge in [0.05, 0.1) is 22.4 Å². The molecule has 2 heterocycles. The van der Waals surface area contributed by atoms with E-state index in [0.717, 1.165) is 71.8 Å². The molecule has 9 aromatic rings. The van der Waals surface area contributed by atoms with Gasteiger partial charge in [0.15, 0.2) is 0 Å². The highest BCUT2D eigenvalue weighted by Gasteiger charge is 2.20. The van der Waals surface area contributed by atoms with E-state index in [1.54, 1.807) is 0 Å². The molecule has 0 saturated heterocycles. The first-order valence-electron chi connectivity index (χ1n) is 14.5. The number of furan rings is 1. The highest BCUT2D eigenvalue weighted by atomic mass is 16.3. The van der Waals surface area contributed by atoms with Gasteiger partial charge in [-0.25, -0.2) is 9.97 Å². The Labute approximate surface area is 247 Å². The van der Waals surface area contributed by atoms with E-state index in [9.17, 15) is 0 Å². The van der Waals surface area contributed by atoms with E-state index in [1.807, 2.05) is 30.3 Å². The van der Waals surface area contributed by atoms with Crippen LogP contribution >= 0.6 is 0 Å². The van der Waals surface area contributed by atoms with Crippen LogP contribution in [0.5, 0.6) is 0 Å². The van der Waals surface area contributed by atoms with Crippen molar-refractivity contribution in [2.45, 2.75) is 0 Å². The molecule has 43 heavy (non-hydrogen) atoms. The lowest BCUT2D eigenvalue weighted by Gasteiger charge is -2.13. The molecule has 2 aromatic heterocycles. The number of aromatic nitrogens is 2. The molecule has 0 radical (unpaired) electrons. The van der Waals surface area contributed by atoms with Crippen LogP contribution in [0.25, 0.3) is 88.2 Å². The van der Waals surface area contributed by atoms with Gasteiger partial charge in [0, 0.05) is 27.3 Å². The minimum absolute atomic E-state index is 0.864. The van der Waals surface area contributed by atoms with Crippen LogP contribution in [0.3, 0.4) is 0 Å². The molecule has 0 atom stereocenters. The molecule has 0 aliphatic heterocycles. The average Bonchev–Trinajstić information content (AvgIpc) is 3.45. The van der Waals surface area contributed by atoms with E-state index in [1.165, 1.54) is 16.3 Å². The van der Waals surface area contributed by atoms with Gasteiger partial charge >= 0.3 is 0 Å². The van der Waals surface area contributed by atoms with Gasteiger partial charge in [0.2, 0.25) is 0 Å². The van der Waals surface area contributed by atoms with Crippen molar-refractivity contribution in [2.24, 2.45) is 0 Å². The summed E-state index contributed by atoms with van der Waals surface area (Å²) in [6.07, 6.45) is 0. The Balaban J connectivity index is 1.34. The molecule has 3 nitrogen and oxygen atoms in total. The van der Waals surface area contributed by atoms with E-state index < -0.39 is 0 Å². The fraction of sp³-hybridized carbons (Fsp3) is 0. The van der Waals surface area contributed by atoms with Crippen LogP contribution in [-0.2, 0) is 0 Å². The van der Waals surface area contributed by atoms with Crippen LogP contribution in [-0.4, -0.2) is 9.97 Å². The van der Waals surface area contributed by atoms with Gasteiger partial charge in [-0.05, 0) is 63.7 Å². The van der Waals surface area contributed by atoms with Crippen LogP contribution in [0.1, 0.15) is 0 Å². The van der Waals surface area contributed by atoms with Crippen molar-refractivity contribution < 1.29 is 4.42 Å². The smallest absolute Gasteiger partial charge is 0.143 e. The molecule has 200 valence electrons. The summed E-state index contributed by atoms with van der Waals surface area (Å²) < 4.78 is 6.57. The maximum absolute atomic E-state index is 6.57. The number of hydrogen-bond donors (Lipinski definition) is 0. The number of fused-ring (bicyclic) bond motifs is 7. The third-order valence-electron chi connectivity index (χ3n) is 8.43. The summed E-state index contributed by atoms with van der Waals surface area (Å²) in [7, 11) is 0. The van der Waals surface area contributed by atoms with Crippen LogP contribution < -0.4 is 0 Å². The zero-order valence-corrected chi connectivity index (χ0v) is 23.2. The van der Waals surface area contributed by atoms with Crippen molar-refractivity contribution in [1.82, 2.24) is 9.97 Å². The van der Waals surface area contributed by atoms with Crippen molar-refractivity contribution in [2.75, 3.05) is 0 Å². The van der Waals surface area contributed by atoms with Gasteiger partial charge in [-0.15, -0.1) is 0 Å². The maximum Gasteiger partial charge on any atom is 0.143 e. The fourth-order valence-electron chi connectivity index (χ4n) is 6.33. The average molecular weight is 549 g/mol. The summed E-state index contributed by atoms with van der Waals surface area (Å²) in [5.74, 6) is 0. The van der Waals surface area contributed by atoms with E-state index in [2.05, 4.69) is 115 Å². The Morgan fingerprint density at radius 1 is 0.395 bits per heavy atom. The monoisotopic (exact) mass is 548 g/mol. The molecular formula is C40H24N2O. The topological polar surface area (TPSA) is 38.9 Å². The van der Waals surface area contributed by atoms with Gasteiger partial charge in [0.1, 0.15) is 11.2 Å². The lowest BCUT2D eigenvalue weighted by atomic mass is 9.94. The third-order valence-corrected chi connectivity index (χ3v) is 8.43. The minimum atomic E-state index is 0.864. The molecule has 3 heteroatoms. The Kier molecular flexibility index (Phi) is 5.20. The Morgan fingerprint density at radius 3 is 1.88 bits per heavy atom. The predicted molar refractivity (Wildman–Crippen MR) is 178 cm³/mol. The maximum atomic E-state index is 6.57. The number of benzene rings is 7. The van der Waals surface area contributed by atoms with Crippen LogP contribution in [0.2, 0.25) is 0 Å². The molecular weight excluding hydrogens is 524 g/mol. The summed E-state index contributed by atoms with van der Waals surface area (Å²) in [6.45, 7) is 0. The largest absolute Gasteiger partial charge is 0.455 e. The van der Waals surface area contributed by atoms with Gasteiger partial charge < -0.3 is 4.42 Å².